The molecule has 0 radical (unpaired) electrons. The van der Waals surface area contributed by atoms with Crippen LogP contribution in [0.15, 0.2) is 11.8 Å². The lowest BCUT2D eigenvalue weighted by Gasteiger charge is -2.34. The highest BCUT2D eigenvalue weighted by Crippen LogP contribution is 2.07. The predicted molar refractivity (Wildman–Crippen MR) is 106 cm³/mol. The van der Waals surface area contributed by atoms with Gasteiger partial charge in [-0.2, -0.15) is 0 Å². The van der Waals surface area contributed by atoms with Gasteiger partial charge in [0.1, 0.15) is 0 Å². The van der Waals surface area contributed by atoms with Crippen molar-refractivity contribution in [1.82, 2.24) is 19.6 Å². The van der Waals surface area contributed by atoms with Gasteiger partial charge in [-0.05, 0) is 6.08 Å². The molecule has 0 unspecified atom stereocenters. The van der Waals surface area contributed by atoms with Gasteiger partial charge in [-0.1, -0.05) is 0 Å². The van der Waals surface area contributed by atoms with Crippen LogP contribution in [0.3, 0.4) is 0 Å². The van der Waals surface area contributed by atoms with Crippen LogP contribution < -0.4 is 0 Å². The molecule has 1 aliphatic heterocycles. The second kappa shape index (κ2) is 13.9. The van der Waals surface area contributed by atoms with E-state index in [1.165, 1.54) is 6.08 Å². The van der Waals surface area contributed by atoms with E-state index in [-0.39, 0.29) is 32.8 Å². The number of aliphatic carboxylic acids is 3. The average Bonchev–Trinajstić information content (AvgIpc) is 2.65. The Morgan fingerprint density at radius 1 is 0.633 bits per heavy atom. The molecule has 0 bridgehead atoms. The maximum absolute atomic E-state index is 11.2. The molecule has 1 rings (SSSR count). The fourth-order valence-corrected chi connectivity index (χ4v) is 3.27. The first-order valence-electron chi connectivity index (χ1n) is 9.73. The first kappa shape index (κ1) is 25.8. The van der Waals surface area contributed by atoms with Crippen molar-refractivity contribution in [2.24, 2.45) is 0 Å². The van der Waals surface area contributed by atoms with Gasteiger partial charge < -0.3 is 30.4 Å². The van der Waals surface area contributed by atoms with Gasteiger partial charge in [0.15, 0.2) is 0 Å². The molecule has 0 saturated carbocycles. The fourth-order valence-electron chi connectivity index (χ4n) is 3.27. The van der Waals surface area contributed by atoms with E-state index in [4.69, 9.17) is 5.11 Å². The van der Waals surface area contributed by atoms with Crippen LogP contribution in [-0.4, -0.2) is 148 Å². The van der Waals surface area contributed by atoms with Crippen LogP contribution in [-0.2, 0) is 14.4 Å². The monoisotopic (exact) mass is 432 g/mol. The van der Waals surface area contributed by atoms with Crippen LogP contribution in [0.2, 0.25) is 0 Å². The summed E-state index contributed by atoms with van der Waals surface area (Å²) in [5.41, 5.74) is 0.479. The van der Waals surface area contributed by atoms with Crippen molar-refractivity contribution in [3.05, 3.63) is 11.8 Å². The number of carboxylic acid groups (broad SMARTS) is 3. The summed E-state index contributed by atoms with van der Waals surface area (Å²) in [6.07, 6.45) is 1.46. The molecule has 12 nitrogen and oxygen atoms in total. The van der Waals surface area contributed by atoms with Crippen LogP contribution >= 0.6 is 0 Å². The lowest BCUT2D eigenvalue weighted by molar-refractivity contribution is -0.140. The Balaban J connectivity index is 3.03. The van der Waals surface area contributed by atoms with Gasteiger partial charge in [0.05, 0.1) is 32.8 Å². The number of hydrogen-bond acceptors (Lipinski definition) is 9. The molecule has 30 heavy (non-hydrogen) atoms. The van der Waals surface area contributed by atoms with Crippen LogP contribution in [0.5, 0.6) is 0 Å². The summed E-state index contributed by atoms with van der Waals surface area (Å²) < 4.78 is 0. The zero-order chi connectivity index (χ0) is 22.5. The van der Waals surface area contributed by atoms with Crippen LogP contribution in [0.25, 0.3) is 0 Å². The first-order valence-corrected chi connectivity index (χ1v) is 9.73. The number of hydrogen-bond donors (Lipinski definition) is 5. The highest BCUT2D eigenvalue weighted by atomic mass is 16.4. The topological polar surface area (TPSA) is 165 Å². The van der Waals surface area contributed by atoms with Gasteiger partial charge in [-0.15, -0.1) is 0 Å². The number of aliphatic hydroxyl groups is 2. The Morgan fingerprint density at radius 2 is 0.967 bits per heavy atom. The lowest BCUT2D eigenvalue weighted by Crippen LogP contribution is -2.48. The minimum atomic E-state index is -1.01. The normalized spacial score (nSPS) is 19.1. The third-order valence-electron chi connectivity index (χ3n) is 4.81. The Hall–Kier alpha value is -2.25. The van der Waals surface area contributed by atoms with Crippen molar-refractivity contribution in [2.45, 2.75) is 0 Å². The van der Waals surface area contributed by atoms with E-state index in [0.29, 0.717) is 58.1 Å². The van der Waals surface area contributed by atoms with E-state index in [9.17, 15) is 34.8 Å². The van der Waals surface area contributed by atoms with Crippen molar-refractivity contribution in [1.29, 1.82) is 0 Å². The van der Waals surface area contributed by atoms with Crippen molar-refractivity contribution in [3.63, 3.8) is 0 Å². The summed E-state index contributed by atoms with van der Waals surface area (Å²) in [6.45, 7) is 1.47. The summed E-state index contributed by atoms with van der Waals surface area (Å²) in [5, 5.41) is 46.3. The quantitative estimate of drug-likeness (QED) is 0.257. The highest BCUT2D eigenvalue weighted by Gasteiger charge is 2.20. The van der Waals surface area contributed by atoms with Gasteiger partial charge in [0.2, 0.25) is 0 Å². The maximum atomic E-state index is 11.2. The lowest BCUT2D eigenvalue weighted by atomic mass is 10.3. The molecule has 1 fully saturated rings. The van der Waals surface area contributed by atoms with Crippen molar-refractivity contribution in [2.75, 3.05) is 85.2 Å². The minimum absolute atomic E-state index is 0.210. The van der Waals surface area contributed by atoms with Crippen LogP contribution in [0.1, 0.15) is 0 Å². The Bertz CT molecular complexity index is 569. The molecule has 1 saturated heterocycles. The first-order chi connectivity index (χ1) is 14.2. The fraction of sp³-hybridized carbons (Fsp3) is 0.722. The standard InChI is InChI=1S/C18H32N4O8/c23-10-1-15(14-24)22-8-6-20(12-17(27)28)4-2-19(11-16(25)26)3-5-21(7-9-22)13-18(29)30/h1,23-24H,2-14H2,(H,25,26)(H,27,28)(H,29,30)/b15-1+. The van der Waals surface area contributed by atoms with Gasteiger partial charge in [-0.25, -0.2) is 0 Å². The molecule has 0 atom stereocenters. The molecule has 12 heteroatoms. The largest absolute Gasteiger partial charge is 0.480 e. The number of rotatable bonds is 9. The number of aliphatic hydroxyl groups excluding tert-OH is 2. The third kappa shape index (κ3) is 10.5. The molecule has 0 amide bonds. The summed E-state index contributed by atoms with van der Waals surface area (Å²) >= 11 is 0. The molecule has 5 N–H and O–H groups in total. The second-order valence-corrected chi connectivity index (χ2v) is 7.03. The predicted octanol–water partition coefficient (Wildman–Crippen LogP) is -2.67. The number of nitrogens with zero attached hydrogens (tertiary/aromatic N) is 4. The second-order valence-electron chi connectivity index (χ2n) is 7.03. The number of carboxylic acids is 3. The molecule has 0 aromatic rings. The van der Waals surface area contributed by atoms with E-state index in [1.807, 2.05) is 0 Å². The molecule has 0 aromatic heterocycles. The van der Waals surface area contributed by atoms with E-state index >= 15 is 0 Å². The Kier molecular flexibility index (Phi) is 11.9. The van der Waals surface area contributed by atoms with Crippen molar-refractivity contribution < 1.29 is 39.9 Å². The molecule has 0 aliphatic carbocycles. The Morgan fingerprint density at radius 3 is 1.23 bits per heavy atom. The van der Waals surface area contributed by atoms with Gasteiger partial charge in [0, 0.05) is 58.1 Å². The summed E-state index contributed by atoms with van der Waals surface area (Å²) in [4.78, 5) is 40.4. The highest BCUT2D eigenvalue weighted by molar-refractivity contribution is 5.69. The van der Waals surface area contributed by atoms with E-state index in [1.54, 1.807) is 19.6 Å². The van der Waals surface area contributed by atoms with Crippen molar-refractivity contribution in [3.8, 4) is 0 Å². The third-order valence-corrected chi connectivity index (χ3v) is 4.81. The van der Waals surface area contributed by atoms with Crippen molar-refractivity contribution >= 4 is 17.9 Å². The molecule has 0 spiro atoms. The summed E-state index contributed by atoms with van der Waals surface area (Å²) in [6, 6.07) is 0. The molecular formula is C18H32N4O8. The number of carbonyl (C=O) groups is 3. The van der Waals surface area contributed by atoms with Crippen LogP contribution in [0.4, 0.5) is 0 Å². The smallest absolute Gasteiger partial charge is 0.317 e. The summed E-state index contributed by atoms with van der Waals surface area (Å²) in [7, 11) is 0. The molecular weight excluding hydrogens is 400 g/mol. The molecule has 1 heterocycles. The molecule has 1 aliphatic rings. The average molecular weight is 432 g/mol. The summed E-state index contributed by atoms with van der Waals surface area (Å²) in [5.74, 6) is -3.01. The van der Waals surface area contributed by atoms with E-state index in [0.717, 1.165) is 0 Å². The maximum Gasteiger partial charge on any atom is 0.317 e. The van der Waals surface area contributed by atoms with Crippen LogP contribution in [0, 0.1) is 0 Å². The zero-order valence-electron chi connectivity index (χ0n) is 17.0. The minimum Gasteiger partial charge on any atom is -0.480 e. The SMILES string of the molecule is O=C(O)CN1CCN(CC(=O)O)CCN(/C(=C/CO)CO)CCN(CC(=O)O)CC1. The molecule has 0 aromatic carbocycles. The van der Waals surface area contributed by atoms with Gasteiger partial charge in [0.25, 0.3) is 0 Å². The van der Waals surface area contributed by atoms with E-state index in [2.05, 4.69) is 0 Å². The molecule has 172 valence electrons. The van der Waals surface area contributed by atoms with E-state index < -0.39 is 17.9 Å². The van der Waals surface area contributed by atoms with Gasteiger partial charge >= 0.3 is 17.9 Å². The van der Waals surface area contributed by atoms with Gasteiger partial charge in [-0.3, -0.25) is 29.1 Å². The zero-order valence-corrected chi connectivity index (χ0v) is 17.0. The Labute approximate surface area is 175 Å².